The van der Waals surface area contributed by atoms with Crippen LogP contribution in [0, 0.1) is 0 Å². The fourth-order valence-electron chi connectivity index (χ4n) is 2.00. The van der Waals surface area contributed by atoms with E-state index in [0.717, 1.165) is 17.1 Å². The molecule has 3 N–H and O–H groups in total. The van der Waals surface area contributed by atoms with Crippen LogP contribution in [-0.2, 0) is 0 Å². The van der Waals surface area contributed by atoms with Crippen molar-refractivity contribution in [3.63, 3.8) is 0 Å². The second kappa shape index (κ2) is 5.05. The Morgan fingerprint density at radius 1 is 1.25 bits per heavy atom. The largest absolute Gasteiger partial charge is 0.454 e. The molecule has 1 aromatic carbocycles. The number of ether oxygens (including phenoxy) is 2. The number of fused-ring (bicyclic) bond motifs is 1. The summed E-state index contributed by atoms with van der Waals surface area (Å²) in [5.41, 5.74) is 6.61. The quantitative estimate of drug-likeness (QED) is 0.846. The van der Waals surface area contributed by atoms with E-state index in [4.69, 9.17) is 26.8 Å². The molecule has 1 unspecified atom stereocenters. The lowest BCUT2D eigenvalue weighted by atomic mass is 10.1. The van der Waals surface area contributed by atoms with Crippen molar-refractivity contribution >= 4 is 23.4 Å². The average Bonchev–Trinajstić information content (AvgIpc) is 2.84. The maximum absolute atomic E-state index is 5.85. The summed E-state index contributed by atoms with van der Waals surface area (Å²) >= 11 is 5.85. The van der Waals surface area contributed by atoms with Crippen molar-refractivity contribution < 1.29 is 9.47 Å². The van der Waals surface area contributed by atoms with E-state index < -0.39 is 0 Å². The highest BCUT2D eigenvalue weighted by Crippen LogP contribution is 2.34. The van der Waals surface area contributed by atoms with Gasteiger partial charge in [0, 0.05) is 6.07 Å². The summed E-state index contributed by atoms with van der Waals surface area (Å²) < 4.78 is 10.6. The van der Waals surface area contributed by atoms with Gasteiger partial charge in [-0.05, 0) is 24.6 Å². The summed E-state index contributed by atoms with van der Waals surface area (Å²) in [7, 11) is 0. The second-order valence-electron chi connectivity index (χ2n) is 4.41. The summed E-state index contributed by atoms with van der Waals surface area (Å²) in [5, 5.41) is 3.52. The molecule has 0 aliphatic carbocycles. The Labute approximate surface area is 120 Å². The Balaban J connectivity index is 1.80. The summed E-state index contributed by atoms with van der Waals surface area (Å²) in [6, 6.07) is 7.43. The molecule has 1 aliphatic heterocycles. The second-order valence-corrected chi connectivity index (χ2v) is 4.80. The number of nitrogens with zero attached hydrogens (tertiary/aromatic N) is 2. The third kappa shape index (κ3) is 2.55. The lowest BCUT2D eigenvalue weighted by Crippen LogP contribution is -2.09. The molecule has 7 heteroatoms. The molecule has 1 atom stereocenters. The van der Waals surface area contributed by atoms with Gasteiger partial charge < -0.3 is 20.5 Å². The van der Waals surface area contributed by atoms with E-state index in [9.17, 15) is 0 Å². The van der Waals surface area contributed by atoms with Crippen LogP contribution in [0.15, 0.2) is 24.3 Å². The number of rotatable bonds is 3. The van der Waals surface area contributed by atoms with Crippen molar-refractivity contribution in [1.82, 2.24) is 9.97 Å². The Kier molecular flexibility index (Phi) is 3.23. The molecule has 0 spiro atoms. The van der Waals surface area contributed by atoms with Gasteiger partial charge in [-0.1, -0.05) is 17.7 Å². The van der Waals surface area contributed by atoms with Gasteiger partial charge >= 0.3 is 0 Å². The molecular weight excluding hydrogens is 280 g/mol. The lowest BCUT2D eigenvalue weighted by molar-refractivity contribution is 0.174. The van der Waals surface area contributed by atoms with Gasteiger partial charge in [0.2, 0.25) is 12.7 Å². The lowest BCUT2D eigenvalue weighted by Gasteiger charge is -2.15. The molecule has 1 aromatic heterocycles. The number of nitrogens with one attached hydrogen (secondary N) is 1. The third-order valence-electron chi connectivity index (χ3n) is 2.97. The molecule has 0 amide bonds. The predicted octanol–water partition coefficient (Wildman–Crippen LogP) is 2.61. The van der Waals surface area contributed by atoms with E-state index in [1.165, 1.54) is 0 Å². The van der Waals surface area contributed by atoms with Crippen molar-refractivity contribution in [3.8, 4) is 11.5 Å². The van der Waals surface area contributed by atoms with Gasteiger partial charge in [-0.15, -0.1) is 0 Å². The standard InChI is InChI=1S/C13H13ClN4O2/c1-7(16-12-5-11(14)17-13(15)18-12)8-2-3-9-10(4-8)20-6-19-9/h2-5,7H,6H2,1H3,(H3,15,16,17,18). The van der Waals surface area contributed by atoms with E-state index >= 15 is 0 Å². The highest BCUT2D eigenvalue weighted by atomic mass is 35.5. The first-order valence-corrected chi connectivity index (χ1v) is 6.46. The van der Waals surface area contributed by atoms with Crippen molar-refractivity contribution in [1.29, 1.82) is 0 Å². The summed E-state index contributed by atoms with van der Waals surface area (Å²) in [5.74, 6) is 2.22. The molecule has 2 aromatic rings. The molecule has 0 bridgehead atoms. The van der Waals surface area contributed by atoms with Gasteiger partial charge in [-0.25, -0.2) is 4.98 Å². The molecule has 20 heavy (non-hydrogen) atoms. The highest BCUT2D eigenvalue weighted by Gasteiger charge is 2.16. The number of halogens is 1. The predicted molar refractivity (Wildman–Crippen MR) is 76.1 cm³/mol. The van der Waals surface area contributed by atoms with Crippen molar-refractivity contribution in [2.45, 2.75) is 13.0 Å². The van der Waals surface area contributed by atoms with Crippen LogP contribution in [0.25, 0.3) is 0 Å². The summed E-state index contributed by atoms with van der Waals surface area (Å²) in [4.78, 5) is 7.90. The smallest absolute Gasteiger partial charge is 0.231 e. The topological polar surface area (TPSA) is 82.3 Å². The zero-order valence-electron chi connectivity index (χ0n) is 10.8. The summed E-state index contributed by atoms with van der Waals surface area (Å²) in [6.07, 6.45) is 0. The van der Waals surface area contributed by atoms with Gasteiger partial charge in [0.05, 0.1) is 6.04 Å². The Bertz CT molecular complexity index is 630. The molecule has 6 nitrogen and oxygen atoms in total. The molecule has 3 rings (SSSR count). The first-order chi connectivity index (χ1) is 9.61. The van der Waals surface area contributed by atoms with Crippen LogP contribution in [0.4, 0.5) is 11.8 Å². The van der Waals surface area contributed by atoms with Crippen molar-refractivity contribution in [2.75, 3.05) is 17.8 Å². The van der Waals surface area contributed by atoms with E-state index in [0.29, 0.717) is 11.0 Å². The Morgan fingerprint density at radius 2 is 2.05 bits per heavy atom. The zero-order valence-corrected chi connectivity index (χ0v) is 11.5. The highest BCUT2D eigenvalue weighted by molar-refractivity contribution is 6.29. The van der Waals surface area contributed by atoms with E-state index in [1.807, 2.05) is 25.1 Å². The minimum Gasteiger partial charge on any atom is -0.454 e. The van der Waals surface area contributed by atoms with Crippen LogP contribution >= 0.6 is 11.6 Å². The molecule has 0 radical (unpaired) electrons. The maximum Gasteiger partial charge on any atom is 0.231 e. The third-order valence-corrected chi connectivity index (χ3v) is 3.17. The van der Waals surface area contributed by atoms with Crippen LogP contribution in [-0.4, -0.2) is 16.8 Å². The number of hydrogen-bond donors (Lipinski definition) is 2. The number of nitrogens with two attached hydrogens (primary N) is 1. The molecule has 2 heterocycles. The molecular formula is C13H13ClN4O2. The van der Waals surface area contributed by atoms with Crippen LogP contribution in [0.5, 0.6) is 11.5 Å². The number of hydrogen-bond acceptors (Lipinski definition) is 6. The van der Waals surface area contributed by atoms with Crippen molar-refractivity contribution in [3.05, 3.63) is 35.0 Å². The van der Waals surface area contributed by atoms with Gasteiger partial charge in [0.25, 0.3) is 0 Å². The van der Waals surface area contributed by atoms with Gasteiger partial charge in [-0.2, -0.15) is 4.98 Å². The fourth-order valence-corrected chi connectivity index (χ4v) is 2.19. The van der Waals surface area contributed by atoms with Crippen LogP contribution in [0.3, 0.4) is 0 Å². The monoisotopic (exact) mass is 292 g/mol. The molecule has 0 fully saturated rings. The first-order valence-electron chi connectivity index (χ1n) is 6.08. The fraction of sp³-hybridized carbons (Fsp3) is 0.231. The molecule has 104 valence electrons. The maximum atomic E-state index is 5.85. The molecule has 0 saturated carbocycles. The van der Waals surface area contributed by atoms with Crippen LogP contribution in [0.1, 0.15) is 18.5 Å². The molecule has 0 saturated heterocycles. The first kappa shape index (κ1) is 12.8. The SMILES string of the molecule is CC(Nc1cc(Cl)nc(N)n1)c1ccc2c(c1)OCO2. The number of benzene rings is 1. The minimum absolute atomic E-state index is 0.00914. The van der Waals surface area contributed by atoms with Crippen LogP contribution in [0.2, 0.25) is 5.15 Å². The normalized spacial score (nSPS) is 14.1. The van der Waals surface area contributed by atoms with Gasteiger partial charge in [-0.3, -0.25) is 0 Å². The molecule has 1 aliphatic rings. The Hall–Kier alpha value is -2.21. The van der Waals surface area contributed by atoms with Crippen LogP contribution < -0.4 is 20.5 Å². The Morgan fingerprint density at radius 3 is 2.85 bits per heavy atom. The minimum atomic E-state index is 0.00914. The van der Waals surface area contributed by atoms with Gasteiger partial charge in [0.1, 0.15) is 11.0 Å². The number of anilines is 2. The number of aromatic nitrogens is 2. The average molecular weight is 293 g/mol. The summed E-state index contributed by atoms with van der Waals surface area (Å²) in [6.45, 7) is 2.27. The van der Waals surface area contributed by atoms with E-state index in [1.54, 1.807) is 6.07 Å². The van der Waals surface area contributed by atoms with E-state index in [-0.39, 0.29) is 18.8 Å². The zero-order chi connectivity index (χ0) is 14.1. The van der Waals surface area contributed by atoms with Crippen molar-refractivity contribution in [2.24, 2.45) is 0 Å². The van der Waals surface area contributed by atoms with E-state index in [2.05, 4.69) is 15.3 Å². The van der Waals surface area contributed by atoms with Gasteiger partial charge in [0.15, 0.2) is 11.5 Å². The number of nitrogen functional groups attached to an aromatic ring is 1.